The summed E-state index contributed by atoms with van der Waals surface area (Å²) in [5.41, 5.74) is 0.492. The van der Waals surface area contributed by atoms with E-state index in [0.29, 0.717) is 24.5 Å². The SMILES string of the molecule is COc1ccc(N(C)S(=O)(=O)c2cccc(C(=O)OCC(=O)N(CC(C)C)CC(C)C)c2)cc1. The monoisotopic (exact) mass is 490 g/mol. The minimum absolute atomic E-state index is 0.0521. The first-order valence-electron chi connectivity index (χ1n) is 11.1. The Morgan fingerprint density at radius 3 is 2.06 bits per heavy atom. The van der Waals surface area contributed by atoms with Gasteiger partial charge in [-0.15, -0.1) is 0 Å². The average Bonchev–Trinajstić information content (AvgIpc) is 2.80. The molecular weight excluding hydrogens is 456 g/mol. The van der Waals surface area contributed by atoms with Crippen LogP contribution in [0.1, 0.15) is 38.1 Å². The molecule has 0 unspecified atom stereocenters. The molecule has 0 saturated carbocycles. The molecule has 2 aromatic carbocycles. The molecule has 0 heterocycles. The topological polar surface area (TPSA) is 93.2 Å². The molecule has 0 spiro atoms. The van der Waals surface area contributed by atoms with Crippen molar-refractivity contribution in [2.45, 2.75) is 32.6 Å². The molecule has 0 atom stereocenters. The molecule has 186 valence electrons. The molecule has 0 radical (unpaired) electrons. The molecule has 1 amide bonds. The smallest absolute Gasteiger partial charge is 0.338 e. The second-order valence-corrected chi connectivity index (χ2v) is 10.8. The van der Waals surface area contributed by atoms with Crippen LogP contribution >= 0.6 is 0 Å². The molecule has 0 bridgehead atoms. The van der Waals surface area contributed by atoms with Crippen molar-refractivity contribution in [2.75, 3.05) is 38.2 Å². The largest absolute Gasteiger partial charge is 0.497 e. The van der Waals surface area contributed by atoms with Crippen LogP contribution in [0.3, 0.4) is 0 Å². The van der Waals surface area contributed by atoms with Gasteiger partial charge >= 0.3 is 5.97 Å². The predicted octanol–water partition coefficient (Wildman–Crippen LogP) is 3.82. The third-order valence-electron chi connectivity index (χ3n) is 5.01. The van der Waals surface area contributed by atoms with Crippen LogP contribution in [0.25, 0.3) is 0 Å². The summed E-state index contributed by atoms with van der Waals surface area (Å²) in [5.74, 6) is 0.130. The maximum Gasteiger partial charge on any atom is 0.338 e. The maximum atomic E-state index is 13.1. The number of ether oxygens (including phenoxy) is 2. The predicted molar refractivity (Wildman–Crippen MR) is 132 cm³/mol. The summed E-state index contributed by atoms with van der Waals surface area (Å²) in [6.45, 7) is 8.80. The number of hydrogen-bond donors (Lipinski definition) is 0. The Morgan fingerprint density at radius 1 is 0.941 bits per heavy atom. The van der Waals surface area contributed by atoms with E-state index in [1.165, 1.54) is 38.4 Å². The highest BCUT2D eigenvalue weighted by molar-refractivity contribution is 7.92. The van der Waals surface area contributed by atoms with Crippen molar-refractivity contribution < 1.29 is 27.5 Å². The number of amides is 1. The van der Waals surface area contributed by atoms with Crippen LogP contribution in [-0.2, 0) is 19.6 Å². The minimum Gasteiger partial charge on any atom is -0.497 e. The van der Waals surface area contributed by atoms with Gasteiger partial charge in [0.25, 0.3) is 15.9 Å². The lowest BCUT2D eigenvalue weighted by Gasteiger charge is -2.26. The molecule has 9 heteroatoms. The van der Waals surface area contributed by atoms with Crippen molar-refractivity contribution in [1.82, 2.24) is 4.90 Å². The zero-order chi connectivity index (χ0) is 25.5. The fourth-order valence-electron chi connectivity index (χ4n) is 3.33. The zero-order valence-electron chi connectivity index (χ0n) is 20.6. The number of sulfonamides is 1. The lowest BCUT2D eigenvalue weighted by molar-refractivity contribution is -0.135. The molecule has 0 aliphatic rings. The van der Waals surface area contributed by atoms with Gasteiger partial charge in [-0.2, -0.15) is 0 Å². The van der Waals surface area contributed by atoms with Crippen molar-refractivity contribution in [3.05, 3.63) is 54.1 Å². The van der Waals surface area contributed by atoms with E-state index in [1.54, 1.807) is 29.2 Å². The number of anilines is 1. The number of methoxy groups -OCH3 is 1. The molecule has 0 fully saturated rings. The summed E-state index contributed by atoms with van der Waals surface area (Å²) in [4.78, 5) is 26.8. The molecule has 34 heavy (non-hydrogen) atoms. The van der Waals surface area contributed by atoms with Crippen LogP contribution in [0.5, 0.6) is 5.75 Å². The second kappa shape index (κ2) is 11.9. The van der Waals surface area contributed by atoms with Gasteiger partial charge < -0.3 is 14.4 Å². The van der Waals surface area contributed by atoms with Crippen molar-refractivity contribution in [3.8, 4) is 5.75 Å². The van der Waals surface area contributed by atoms with Gasteiger partial charge in [-0.25, -0.2) is 13.2 Å². The summed E-state index contributed by atoms with van der Waals surface area (Å²) in [6, 6.07) is 12.2. The van der Waals surface area contributed by atoms with Crippen LogP contribution in [-0.4, -0.2) is 59.0 Å². The van der Waals surface area contributed by atoms with Gasteiger partial charge in [0.15, 0.2) is 6.61 Å². The molecule has 0 saturated heterocycles. The third kappa shape index (κ3) is 7.21. The van der Waals surface area contributed by atoms with Crippen molar-refractivity contribution >= 4 is 27.6 Å². The van der Waals surface area contributed by atoms with Crippen LogP contribution in [0.15, 0.2) is 53.4 Å². The highest BCUT2D eigenvalue weighted by Gasteiger charge is 2.24. The quantitative estimate of drug-likeness (QED) is 0.445. The molecule has 8 nitrogen and oxygen atoms in total. The van der Waals surface area contributed by atoms with Crippen LogP contribution in [0, 0.1) is 11.8 Å². The van der Waals surface area contributed by atoms with Crippen LogP contribution in [0.4, 0.5) is 5.69 Å². The number of rotatable bonds is 11. The van der Waals surface area contributed by atoms with E-state index in [-0.39, 0.29) is 28.2 Å². The van der Waals surface area contributed by atoms with Gasteiger partial charge in [0.1, 0.15) is 5.75 Å². The van der Waals surface area contributed by atoms with Crippen molar-refractivity contribution in [2.24, 2.45) is 11.8 Å². The highest BCUT2D eigenvalue weighted by Crippen LogP contribution is 2.25. The van der Waals surface area contributed by atoms with Gasteiger partial charge in [-0.3, -0.25) is 9.10 Å². The first-order valence-corrected chi connectivity index (χ1v) is 12.6. The second-order valence-electron chi connectivity index (χ2n) is 8.86. The lowest BCUT2D eigenvalue weighted by atomic mass is 10.1. The Balaban J connectivity index is 2.13. The maximum absolute atomic E-state index is 13.1. The zero-order valence-corrected chi connectivity index (χ0v) is 21.5. The highest BCUT2D eigenvalue weighted by atomic mass is 32.2. The number of benzene rings is 2. The summed E-state index contributed by atoms with van der Waals surface area (Å²) in [7, 11) is -0.973. The number of carbonyl (C=O) groups excluding carboxylic acids is 2. The first kappa shape index (κ1) is 27.2. The molecule has 0 aliphatic carbocycles. The summed E-state index contributed by atoms with van der Waals surface area (Å²) >= 11 is 0. The van der Waals surface area contributed by atoms with Gasteiger partial charge in [0.2, 0.25) is 0 Å². The number of carbonyl (C=O) groups is 2. The Kier molecular flexibility index (Phi) is 9.49. The van der Waals surface area contributed by atoms with E-state index in [4.69, 9.17) is 9.47 Å². The van der Waals surface area contributed by atoms with E-state index in [1.807, 2.05) is 27.7 Å². The van der Waals surface area contributed by atoms with Gasteiger partial charge in [0.05, 0.1) is 23.3 Å². The average molecular weight is 491 g/mol. The Labute approximate surface area is 202 Å². The van der Waals surface area contributed by atoms with E-state index >= 15 is 0 Å². The Morgan fingerprint density at radius 2 is 1.53 bits per heavy atom. The molecular formula is C25H34N2O6S. The molecule has 0 aromatic heterocycles. The summed E-state index contributed by atoms with van der Waals surface area (Å²) in [6.07, 6.45) is 0. The van der Waals surface area contributed by atoms with Gasteiger partial charge in [-0.1, -0.05) is 33.8 Å². The fraction of sp³-hybridized carbons (Fsp3) is 0.440. The Hall–Kier alpha value is -3.07. The minimum atomic E-state index is -3.93. The number of esters is 1. The number of hydrogen-bond acceptors (Lipinski definition) is 6. The first-order chi connectivity index (χ1) is 15.9. The molecule has 2 aromatic rings. The van der Waals surface area contributed by atoms with E-state index in [2.05, 4.69) is 0 Å². The molecule has 0 aliphatic heterocycles. The summed E-state index contributed by atoms with van der Waals surface area (Å²) < 4.78 is 37.7. The Bertz CT molecular complexity index is 1070. The molecule has 2 rings (SSSR count). The van der Waals surface area contributed by atoms with Gasteiger partial charge in [-0.05, 0) is 54.3 Å². The van der Waals surface area contributed by atoms with Crippen molar-refractivity contribution in [3.63, 3.8) is 0 Å². The number of nitrogens with zero attached hydrogens (tertiary/aromatic N) is 2. The lowest BCUT2D eigenvalue weighted by Crippen LogP contribution is -2.39. The van der Waals surface area contributed by atoms with Crippen LogP contribution in [0.2, 0.25) is 0 Å². The van der Waals surface area contributed by atoms with E-state index < -0.39 is 22.6 Å². The third-order valence-corrected chi connectivity index (χ3v) is 6.80. The van der Waals surface area contributed by atoms with E-state index in [9.17, 15) is 18.0 Å². The fourth-order valence-corrected chi connectivity index (χ4v) is 4.58. The normalized spacial score (nSPS) is 11.4. The van der Waals surface area contributed by atoms with Crippen LogP contribution < -0.4 is 9.04 Å². The standard InChI is InChI=1S/C25H34N2O6S/c1-18(2)15-27(16-19(3)4)24(28)17-33-25(29)20-8-7-9-23(14-20)34(30,31)26(5)21-10-12-22(32-6)13-11-21/h7-14,18-19H,15-17H2,1-6H3. The summed E-state index contributed by atoms with van der Waals surface area (Å²) in [5, 5.41) is 0. The van der Waals surface area contributed by atoms with Gasteiger partial charge in [0, 0.05) is 20.1 Å². The van der Waals surface area contributed by atoms with Crippen molar-refractivity contribution in [1.29, 1.82) is 0 Å². The van der Waals surface area contributed by atoms with E-state index in [0.717, 1.165) is 4.31 Å². The molecule has 0 N–H and O–H groups in total.